The summed E-state index contributed by atoms with van der Waals surface area (Å²) in [5, 5.41) is 0. The molecule has 2 unspecified atom stereocenters. The van der Waals surface area contributed by atoms with Crippen molar-refractivity contribution in [2.24, 2.45) is 5.73 Å². The second-order valence-electron chi connectivity index (χ2n) is 4.30. The van der Waals surface area contributed by atoms with E-state index >= 15 is 0 Å². The second-order valence-corrected chi connectivity index (χ2v) is 4.30. The number of hydrogen-bond donors (Lipinski definition) is 1. The summed E-state index contributed by atoms with van der Waals surface area (Å²) in [5.74, 6) is 2.54. The fourth-order valence-electron chi connectivity index (χ4n) is 2.80. The van der Waals surface area contributed by atoms with E-state index in [0.29, 0.717) is 12.1 Å². The summed E-state index contributed by atoms with van der Waals surface area (Å²) < 4.78 is 0. The second kappa shape index (κ2) is 3.62. The first-order valence-electron chi connectivity index (χ1n) is 5.22. The van der Waals surface area contributed by atoms with Crippen LogP contribution in [0.1, 0.15) is 32.1 Å². The van der Waals surface area contributed by atoms with Gasteiger partial charge < -0.3 is 10.6 Å². The molecule has 2 fully saturated rings. The van der Waals surface area contributed by atoms with Gasteiger partial charge in [0.1, 0.15) is 0 Å². The highest BCUT2D eigenvalue weighted by molar-refractivity contribution is 5.79. The summed E-state index contributed by atoms with van der Waals surface area (Å²) in [6.45, 7) is 0. The van der Waals surface area contributed by atoms with Gasteiger partial charge in [0.15, 0.2) is 0 Å². The Kier molecular flexibility index (Phi) is 2.47. The number of nitrogens with two attached hydrogens (primary N) is 1. The van der Waals surface area contributed by atoms with Crippen LogP contribution in [0.15, 0.2) is 0 Å². The normalized spacial score (nSPS) is 35.4. The monoisotopic (exact) mass is 192 g/mol. The van der Waals surface area contributed by atoms with Crippen LogP contribution in [0.2, 0.25) is 0 Å². The Morgan fingerprint density at radius 1 is 1.43 bits per heavy atom. The van der Waals surface area contributed by atoms with Crippen molar-refractivity contribution in [3.63, 3.8) is 0 Å². The first-order valence-corrected chi connectivity index (χ1v) is 5.22. The zero-order valence-electron chi connectivity index (χ0n) is 8.28. The number of nitrogens with zero attached hydrogens (tertiary/aromatic N) is 1. The highest BCUT2D eigenvalue weighted by atomic mass is 16.2. The molecule has 2 aliphatic heterocycles. The third-order valence-corrected chi connectivity index (χ3v) is 3.31. The van der Waals surface area contributed by atoms with E-state index in [1.54, 1.807) is 0 Å². The maximum Gasteiger partial charge on any atom is 0.235 e. The summed E-state index contributed by atoms with van der Waals surface area (Å²) in [6, 6.07) is 1.01. The molecule has 0 aromatic carbocycles. The molecular formula is C11H16N2O. The van der Waals surface area contributed by atoms with E-state index in [1.807, 2.05) is 4.90 Å². The molecule has 0 aromatic heterocycles. The first kappa shape index (κ1) is 9.54. The summed E-state index contributed by atoms with van der Waals surface area (Å²) in [7, 11) is 0. The minimum Gasteiger partial charge on any atom is -0.336 e. The SMILES string of the molecule is C#CCC(=O)N1C2CCC1CC(N)C2. The molecule has 0 spiro atoms. The van der Waals surface area contributed by atoms with Crippen molar-refractivity contribution in [3.8, 4) is 12.3 Å². The largest absolute Gasteiger partial charge is 0.336 e. The fraction of sp³-hybridized carbons (Fsp3) is 0.727. The summed E-state index contributed by atoms with van der Waals surface area (Å²) in [5.41, 5.74) is 5.91. The average molecular weight is 192 g/mol. The maximum absolute atomic E-state index is 11.7. The molecule has 2 saturated heterocycles. The van der Waals surface area contributed by atoms with Crippen LogP contribution >= 0.6 is 0 Å². The fourth-order valence-corrected chi connectivity index (χ4v) is 2.80. The Hall–Kier alpha value is -1.01. The molecule has 76 valence electrons. The summed E-state index contributed by atoms with van der Waals surface area (Å²) in [6.07, 6.45) is 9.50. The standard InChI is InChI=1S/C11H16N2O/c1-2-3-11(14)13-9-4-5-10(13)7-8(12)6-9/h1,8-10H,3-7,12H2. The van der Waals surface area contributed by atoms with Crippen molar-refractivity contribution in [1.82, 2.24) is 4.90 Å². The van der Waals surface area contributed by atoms with E-state index in [1.165, 1.54) is 0 Å². The number of rotatable bonds is 1. The molecule has 2 atom stereocenters. The minimum atomic E-state index is 0.118. The Morgan fingerprint density at radius 2 is 2.00 bits per heavy atom. The molecule has 1 amide bonds. The van der Waals surface area contributed by atoms with Crippen molar-refractivity contribution in [3.05, 3.63) is 0 Å². The van der Waals surface area contributed by atoms with Crippen molar-refractivity contribution >= 4 is 5.91 Å². The molecule has 0 aliphatic carbocycles. The molecule has 0 aromatic rings. The van der Waals surface area contributed by atoms with Gasteiger partial charge in [0.05, 0.1) is 6.42 Å². The van der Waals surface area contributed by atoms with Gasteiger partial charge in [0, 0.05) is 18.1 Å². The van der Waals surface area contributed by atoms with Crippen LogP contribution < -0.4 is 5.73 Å². The van der Waals surface area contributed by atoms with E-state index in [-0.39, 0.29) is 18.4 Å². The molecule has 2 N–H and O–H groups in total. The summed E-state index contributed by atoms with van der Waals surface area (Å²) in [4.78, 5) is 13.7. The Labute approximate surface area is 84.6 Å². The summed E-state index contributed by atoms with van der Waals surface area (Å²) >= 11 is 0. The molecule has 2 heterocycles. The number of amides is 1. The minimum absolute atomic E-state index is 0.118. The van der Waals surface area contributed by atoms with Gasteiger partial charge >= 0.3 is 0 Å². The molecule has 2 rings (SSSR count). The Bertz CT molecular complexity index is 268. The van der Waals surface area contributed by atoms with E-state index in [0.717, 1.165) is 25.7 Å². The number of piperidine rings is 1. The van der Waals surface area contributed by atoms with E-state index in [2.05, 4.69) is 5.92 Å². The van der Waals surface area contributed by atoms with Gasteiger partial charge in [-0.2, -0.15) is 0 Å². The lowest BCUT2D eigenvalue weighted by atomic mass is 9.98. The van der Waals surface area contributed by atoms with Crippen molar-refractivity contribution in [2.75, 3.05) is 0 Å². The van der Waals surface area contributed by atoms with Gasteiger partial charge in [0.2, 0.25) is 5.91 Å². The maximum atomic E-state index is 11.7. The highest BCUT2D eigenvalue weighted by Crippen LogP contribution is 2.35. The lowest BCUT2D eigenvalue weighted by Gasteiger charge is -2.37. The van der Waals surface area contributed by atoms with Gasteiger partial charge in [-0.15, -0.1) is 6.42 Å². The van der Waals surface area contributed by atoms with E-state index < -0.39 is 0 Å². The number of carbonyl (C=O) groups excluding carboxylic acids is 1. The Morgan fingerprint density at radius 3 is 2.50 bits per heavy atom. The smallest absolute Gasteiger partial charge is 0.235 e. The van der Waals surface area contributed by atoms with E-state index in [9.17, 15) is 4.79 Å². The zero-order valence-corrected chi connectivity index (χ0v) is 8.28. The predicted octanol–water partition coefficient (Wildman–Crippen LogP) is 0.490. The highest BCUT2D eigenvalue weighted by Gasteiger charge is 2.41. The molecule has 0 saturated carbocycles. The lowest BCUT2D eigenvalue weighted by Crippen LogP contribution is -2.50. The third-order valence-electron chi connectivity index (χ3n) is 3.31. The average Bonchev–Trinajstić information content (AvgIpc) is 2.39. The molecular weight excluding hydrogens is 176 g/mol. The van der Waals surface area contributed by atoms with Gasteiger partial charge in [-0.3, -0.25) is 4.79 Å². The van der Waals surface area contributed by atoms with E-state index in [4.69, 9.17) is 12.2 Å². The molecule has 3 nitrogen and oxygen atoms in total. The first-order chi connectivity index (χ1) is 6.72. The van der Waals surface area contributed by atoms with Crippen LogP contribution in [0.3, 0.4) is 0 Å². The van der Waals surface area contributed by atoms with Crippen LogP contribution in [0.5, 0.6) is 0 Å². The van der Waals surface area contributed by atoms with Crippen LogP contribution in [0.4, 0.5) is 0 Å². The molecule has 0 radical (unpaired) electrons. The van der Waals surface area contributed by atoms with Crippen molar-refractivity contribution in [1.29, 1.82) is 0 Å². The molecule has 2 aliphatic rings. The number of terminal acetylenes is 1. The van der Waals surface area contributed by atoms with Crippen molar-refractivity contribution < 1.29 is 4.79 Å². The van der Waals surface area contributed by atoms with Crippen LogP contribution in [0, 0.1) is 12.3 Å². The Balaban J connectivity index is 2.08. The topological polar surface area (TPSA) is 46.3 Å². The zero-order chi connectivity index (χ0) is 10.1. The number of carbonyl (C=O) groups is 1. The molecule has 3 heteroatoms. The number of fused-ring (bicyclic) bond motifs is 2. The van der Waals surface area contributed by atoms with Gasteiger partial charge in [-0.25, -0.2) is 0 Å². The number of hydrogen-bond acceptors (Lipinski definition) is 2. The van der Waals surface area contributed by atoms with Crippen LogP contribution in [-0.2, 0) is 4.79 Å². The van der Waals surface area contributed by atoms with Crippen LogP contribution in [-0.4, -0.2) is 28.9 Å². The van der Waals surface area contributed by atoms with Gasteiger partial charge in [0.25, 0.3) is 0 Å². The van der Waals surface area contributed by atoms with Gasteiger partial charge in [-0.05, 0) is 25.7 Å². The quantitative estimate of drug-likeness (QED) is 0.615. The lowest BCUT2D eigenvalue weighted by molar-refractivity contribution is -0.134. The van der Waals surface area contributed by atoms with Crippen molar-refractivity contribution in [2.45, 2.75) is 50.2 Å². The third kappa shape index (κ3) is 1.51. The van der Waals surface area contributed by atoms with Gasteiger partial charge in [-0.1, -0.05) is 5.92 Å². The predicted molar refractivity (Wildman–Crippen MR) is 54.3 cm³/mol. The van der Waals surface area contributed by atoms with Crippen LogP contribution in [0.25, 0.3) is 0 Å². The molecule has 14 heavy (non-hydrogen) atoms. The molecule has 2 bridgehead atoms.